The molecule has 4 nitrogen and oxygen atoms in total. The van der Waals surface area contributed by atoms with Crippen LogP contribution in [0.25, 0.3) is 0 Å². The summed E-state index contributed by atoms with van der Waals surface area (Å²) in [5.74, 6) is 2.63. The van der Waals surface area contributed by atoms with E-state index in [1.165, 1.54) is 0 Å². The minimum atomic E-state index is 0.425. The maximum absolute atomic E-state index is 6.03. The van der Waals surface area contributed by atoms with Gasteiger partial charge in [0.25, 0.3) is 0 Å². The van der Waals surface area contributed by atoms with Crippen molar-refractivity contribution in [2.24, 2.45) is 0 Å². The Morgan fingerprint density at radius 2 is 2.00 bits per heavy atom. The first kappa shape index (κ1) is 11.3. The van der Waals surface area contributed by atoms with Crippen LogP contribution >= 0.6 is 11.6 Å². The topological polar surface area (TPSA) is 61.0 Å². The van der Waals surface area contributed by atoms with Gasteiger partial charge in [0, 0.05) is 12.0 Å². The monoisotopic (exact) mass is 261 g/mol. The van der Waals surface area contributed by atoms with Crippen molar-refractivity contribution in [3.8, 4) is 11.6 Å². The number of halogens is 1. The number of anilines is 1. The van der Waals surface area contributed by atoms with Gasteiger partial charge in [-0.25, -0.2) is 4.98 Å². The number of nitrogen functional groups attached to an aromatic ring is 1. The third-order valence-electron chi connectivity index (χ3n) is 2.73. The van der Waals surface area contributed by atoms with Gasteiger partial charge in [-0.2, -0.15) is 4.98 Å². The molecule has 1 aromatic heterocycles. The van der Waals surface area contributed by atoms with Crippen LogP contribution in [0.4, 0.5) is 5.82 Å². The molecule has 1 aliphatic carbocycles. The second-order valence-electron chi connectivity index (χ2n) is 4.30. The van der Waals surface area contributed by atoms with Crippen LogP contribution < -0.4 is 10.5 Å². The van der Waals surface area contributed by atoms with Crippen LogP contribution in [0.1, 0.15) is 24.6 Å². The lowest BCUT2D eigenvalue weighted by Gasteiger charge is -2.08. The summed E-state index contributed by atoms with van der Waals surface area (Å²) in [6.45, 7) is 0. The Labute approximate surface area is 110 Å². The van der Waals surface area contributed by atoms with Crippen molar-refractivity contribution in [1.29, 1.82) is 0 Å². The minimum absolute atomic E-state index is 0.425. The Morgan fingerprint density at radius 3 is 2.72 bits per heavy atom. The summed E-state index contributed by atoms with van der Waals surface area (Å²) in [5.41, 5.74) is 5.75. The molecule has 5 heteroatoms. The van der Waals surface area contributed by atoms with Crippen LogP contribution in [0.15, 0.2) is 30.3 Å². The molecule has 0 saturated heterocycles. The molecule has 1 heterocycles. The van der Waals surface area contributed by atoms with Crippen LogP contribution in [0, 0.1) is 0 Å². The van der Waals surface area contributed by atoms with E-state index in [1.54, 1.807) is 18.2 Å². The van der Waals surface area contributed by atoms with E-state index in [-0.39, 0.29) is 0 Å². The smallest absolute Gasteiger partial charge is 0.224 e. The standard InChI is InChI=1S/C13H12ClN3O/c14-9-3-1-2-4-10(9)18-12-7-11(15)16-13(17-12)8-5-6-8/h1-4,7-8H,5-6H2,(H2,15,16,17). The van der Waals surface area contributed by atoms with Gasteiger partial charge in [0.1, 0.15) is 17.4 Å². The van der Waals surface area contributed by atoms with Gasteiger partial charge in [0.15, 0.2) is 0 Å². The van der Waals surface area contributed by atoms with E-state index in [1.807, 2.05) is 12.1 Å². The van der Waals surface area contributed by atoms with E-state index < -0.39 is 0 Å². The van der Waals surface area contributed by atoms with Gasteiger partial charge in [-0.15, -0.1) is 0 Å². The summed E-state index contributed by atoms with van der Waals surface area (Å²) >= 11 is 6.03. The number of ether oxygens (including phenoxy) is 1. The molecule has 3 rings (SSSR count). The van der Waals surface area contributed by atoms with Crippen molar-refractivity contribution in [2.45, 2.75) is 18.8 Å². The number of nitrogens with zero attached hydrogens (tertiary/aromatic N) is 2. The first-order valence-electron chi connectivity index (χ1n) is 5.79. The molecule has 0 amide bonds. The van der Waals surface area contributed by atoms with Crippen molar-refractivity contribution < 1.29 is 4.74 Å². The first-order chi connectivity index (χ1) is 8.72. The highest BCUT2D eigenvalue weighted by molar-refractivity contribution is 6.32. The lowest BCUT2D eigenvalue weighted by atomic mass is 10.3. The number of hydrogen-bond acceptors (Lipinski definition) is 4. The quantitative estimate of drug-likeness (QED) is 0.920. The number of hydrogen-bond donors (Lipinski definition) is 1. The summed E-state index contributed by atoms with van der Waals surface area (Å²) < 4.78 is 5.65. The zero-order valence-corrected chi connectivity index (χ0v) is 10.4. The lowest BCUT2D eigenvalue weighted by Crippen LogP contribution is -2.00. The van der Waals surface area contributed by atoms with Gasteiger partial charge in [-0.1, -0.05) is 23.7 Å². The molecular formula is C13H12ClN3O. The molecule has 1 aliphatic rings. The Balaban J connectivity index is 1.90. The van der Waals surface area contributed by atoms with E-state index in [4.69, 9.17) is 22.1 Å². The van der Waals surface area contributed by atoms with E-state index in [9.17, 15) is 0 Å². The molecule has 92 valence electrons. The lowest BCUT2D eigenvalue weighted by molar-refractivity contribution is 0.459. The van der Waals surface area contributed by atoms with E-state index >= 15 is 0 Å². The van der Waals surface area contributed by atoms with Crippen molar-refractivity contribution in [1.82, 2.24) is 9.97 Å². The Morgan fingerprint density at radius 1 is 1.22 bits per heavy atom. The summed E-state index contributed by atoms with van der Waals surface area (Å²) in [4.78, 5) is 8.57. The molecule has 0 atom stereocenters. The molecular weight excluding hydrogens is 250 g/mol. The molecule has 2 aromatic rings. The highest BCUT2D eigenvalue weighted by atomic mass is 35.5. The fourth-order valence-corrected chi connectivity index (χ4v) is 1.85. The average molecular weight is 262 g/mol. The van der Waals surface area contributed by atoms with E-state index in [2.05, 4.69) is 9.97 Å². The molecule has 1 aromatic carbocycles. The maximum Gasteiger partial charge on any atom is 0.224 e. The Bertz CT molecular complexity index is 584. The third-order valence-corrected chi connectivity index (χ3v) is 3.05. The second kappa shape index (κ2) is 4.46. The van der Waals surface area contributed by atoms with Gasteiger partial charge in [0.2, 0.25) is 5.88 Å². The molecule has 0 bridgehead atoms. The van der Waals surface area contributed by atoms with Gasteiger partial charge in [-0.05, 0) is 25.0 Å². The molecule has 0 aliphatic heterocycles. The fourth-order valence-electron chi connectivity index (χ4n) is 1.68. The zero-order chi connectivity index (χ0) is 12.5. The van der Waals surface area contributed by atoms with Crippen molar-refractivity contribution in [3.05, 3.63) is 41.2 Å². The van der Waals surface area contributed by atoms with Crippen LogP contribution in [-0.2, 0) is 0 Å². The third kappa shape index (κ3) is 2.38. The van der Waals surface area contributed by atoms with Crippen LogP contribution in [0.5, 0.6) is 11.6 Å². The summed E-state index contributed by atoms with van der Waals surface area (Å²) in [6, 6.07) is 8.86. The number of benzene rings is 1. The van der Waals surface area contributed by atoms with Crippen LogP contribution in [0.3, 0.4) is 0 Å². The van der Waals surface area contributed by atoms with Crippen LogP contribution in [-0.4, -0.2) is 9.97 Å². The second-order valence-corrected chi connectivity index (χ2v) is 4.70. The molecule has 1 fully saturated rings. The predicted octanol–water partition coefficient (Wildman–Crippen LogP) is 3.38. The zero-order valence-electron chi connectivity index (χ0n) is 9.64. The first-order valence-corrected chi connectivity index (χ1v) is 6.17. The summed E-state index contributed by atoms with van der Waals surface area (Å²) in [6.07, 6.45) is 2.24. The van der Waals surface area contributed by atoms with E-state index in [0.717, 1.165) is 18.7 Å². The Hall–Kier alpha value is -1.81. The summed E-state index contributed by atoms with van der Waals surface area (Å²) in [7, 11) is 0. The Kier molecular flexibility index (Phi) is 2.80. The van der Waals surface area contributed by atoms with E-state index in [0.29, 0.717) is 28.4 Å². The van der Waals surface area contributed by atoms with Gasteiger partial charge < -0.3 is 10.5 Å². The normalized spacial score (nSPS) is 14.5. The van der Waals surface area contributed by atoms with Crippen molar-refractivity contribution in [3.63, 3.8) is 0 Å². The fraction of sp³-hybridized carbons (Fsp3) is 0.231. The van der Waals surface area contributed by atoms with Crippen LogP contribution in [0.2, 0.25) is 5.02 Å². The number of para-hydroxylation sites is 1. The number of nitrogens with two attached hydrogens (primary N) is 1. The van der Waals surface area contributed by atoms with Gasteiger partial charge in [-0.3, -0.25) is 0 Å². The largest absolute Gasteiger partial charge is 0.437 e. The minimum Gasteiger partial charge on any atom is -0.437 e. The molecule has 0 unspecified atom stereocenters. The number of aromatic nitrogens is 2. The van der Waals surface area contributed by atoms with Gasteiger partial charge >= 0.3 is 0 Å². The predicted molar refractivity (Wildman–Crippen MR) is 69.9 cm³/mol. The molecule has 0 spiro atoms. The van der Waals surface area contributed by atoms with Gasteiger partial charge in [0.05, 0.1) is 5.02 Å². The molecule has 18 heavy (non-hydrogen) atoms. The van der Waals surface area contributed by atoms with Crippen molar-refractivity contribution in [2.75, 3.05) is 5.73 Å². The summed E-state index contributed by atoms with van der Waals surface area (Å²) in [5, 5.41) is 0.544. The average Bonchev–Trinajstić information content (AvgIpc) is 3.15. The number of rotatable bonds is 3. The molecule has 1 saturated carbocycles. The van der Waals surface area contributed by atoms with Crippen molar-refractivity contribution >= 4 is 17.4 Å². The SMILES string of the molecule is Nc1cc(Oc2ccccc2Cl)nc(C2CC2)n1. The maximum atomic E-state index is 6.03. The highest BCUT2D eigenvalue weighted by Crippen LogP contribution is 2.39. The molecule has 2 N–H and O–H groups in total. The molecule has 0 radical (unpaired) electrons. The highest BCUT2D eigenvalue weighted by Gasteiger charge is 2.27.